The maximum absolute atomic E-state index is 16.0. The Kier molecular flexibility index (Phi) is 5.73. The van der Waals surface area contributed by atoms with Crippen molar-refractivity contribution in [1.29, 1.82) is 0 Å². The molecular weight excluding hydrogens is 515 g/mol. The number of aromatic nitrogens is 1. The molecule has 30 heavy (non-hydrogen) atoms. The van der Waals surface area contributed by atoms with Crippen LogP contribution in [0.4, 0.5) is 4.39 Å². The summed E-state index contributed by atoms with van der Waals surface area (Å²) in [6, 6.07) is 13.8. The number of amides is 1. The summed E-state index contributed by atoms with van der Waals surface area (Å²) in [5, 5.41) is -2.60. The lowest BCUT2D eigenvalue weighted by Crippen LogP contribution is -2.53. The Labute approximate surface area is 190 Å². The van der Waals surface area contributed by atoms with Crippen molar-refractivity contribution in [3.8, 4) is 10.4 Å². The molecule has 1 unspecified atom stereocenters. The summed E-state index contributed by atoms with van der Waals surface area (Å²) in [5.41, 5.74) is 1.07. The third-order valence-corrected chi connectivity index (χ3v) is 9.43. The van der Waals surface area contributed by atoms with Crippen molar-refractivity contribution in [2.45, 2.75) is 5.00 Å². The second-order valence-electron chi connectivity index (χ2n) is 6.80. The van der Waals surface area contributed by atoms with Gasteiger partial charge in [0.05, 0.1) is 22.2 Å². The Morgan fingerprint density at radius 2 is 1.97 bits per heavy atom. The first-order valence-electron chi connectivity index (χ1n) is 8.88. The van der Waals surface area contributed by atoms with Crippen molar-refractivity contribution in [2.24, 2.45) is 0 Å². The fourth-order valence-electron chi connectivity index (χ4n) is 3.18. The molecular formula is C20H15BrClFN2O3S2. The minimum Gasteiger partial charge on any atom is -0.333 e. The molecule has 2 aromatic carbocycles. The van der Waals surface area contributed by atoms with Crippen molar-refractivity contribution in [2.75, 3.05) is 18.8 Å². The van der Waals surface area contributed by atoms with E-state index >= 15 is 4.39 Å². The maximum Gasteiger partial charge on any atom is 0.278 e. The minimum absolute atomic E-state index is 0.0998. The van der Waals surface area contributed by atoms with E-state index in [2.05, 4.69) is 20.9 Å². The summed E-state index contributed by atoms with van der Waals surface area (Å²) in [6.45, 7) is -0.721. The second kappa shape index (κ2) is 8.03. The first-order valence-corrected chi connectivity index (χ1v) is 12.5. The number of benzene rings is 2. The molecule has 1 amide bonds. The first-order chi connectivity index (χ1) is 14.2. The number of halogens is 3. The van der Waals surface area contributed by atoms with E-state index in [-0.39, 0.29) is 17.1 Å². The number of rotatable bonds is 3. The quantitative estimate of drug-likeness (QED) is 0.483. The van der Waals surface area contributed by atoms with Gasteiger partial charge in [-0.05, 0) is 39.7 Å². The van der Waals surface area contributed by atoms with Crippen LogP contribution in [0.25, 0.3) is 10.4 Å². The van der Waals surface area contributed by atoms with Crippen LogP contribution in [0, 0.1) is 0 Å². The Morgan fingerprint density at radius 3 is 2.67 bits per heavy atom. The van der Waals surface area contributed by atoms with Crippen LogP contribution in [0.1, 0.15) is 15.4 Å². The third-order valence-electron chi connectivity index (χ3n) is 4.85. The lowest BCUT2D eigenvalue weighted by molar-refractivity contribution is 0.0666. The molecule has 1 saturated heterocycles. The molecule has 0 saturated carbocycles. The van der Waals surface area contributed by atoms with Gasteiger partial charge in [0.2, 0.25) is 0 Å². The van der Waals surface area contributed by atoms with Gasteiger partial charge in [-0.3, -0.25) is 4.79 Å². The zero-order valence-electron chi connectivity index (χ0n) is 15.4. The molecule has 0 radical (unpaired) electrons. The molecule has 5 nitrogen and oxygen atoms in total. The van der Waals surface area contributed by atoms with E-state index in [9.17, 15) is 13.2 Å². The van der Waals surface area contributed by atoms with Gasteiger partial charge in [0.1, 0.15) is 5.01 Å². The normalized spacial score (nSPS) is 20.8. The molecule has 0 aliphatic carbocycles. The van der Waals surface area contributed by atoms with E-state index in [0.29, 0.717) is 14.4 Å². The van der Waals surface area contributed by atoms with Gasteiger partial charge >= 0.3 is 0 Å². The highest BCUT2D eigenvalue weighted by Crippen LogP contribution is 2.41. The standard InChI is InChI=1S/C20H15BrClFN2O3S2/c21-15-7-6-14(10-16(15)22)18(26)25-8-9-30(27,28)20(23,12-25)19-24-11-17(29-19)13-4-2-1-3-5-13/h1-7,10-11H,8-9,12H2. The van der Waals surface area contributed by atoms with Crippen LogP contribution < -0.4 is 0 Å². The van der Waals surface area contributed by atoms with Gasteiger partial charge in [-0.2, -0.15) is 0 Å². The number of thiazole rings is 1. The average molecular weight is 530 g/mol. The summed E-state index contributed by atoms with van der Waals surface area (Å²) >= 11 is 10.3. The monoisotopic (exact) mass is 528 g/mol. The molecule has 0 N–H and O–H groups in total. The van der Waals surface area contributed by atoms with Gasteiger partial charge in [-0.1, -0.05) is 41.9 Å². The van der Waals surface area contributed by atoms with Gasteiger partial charge in [0.15, 0.2) is 9.84 Å². The van der Waals surface area contributed by atoms with E-state index in [1.165, 1.54) is 17.2 Å². The fraction of sp³-hybridized carbons (Fsp3) is 0.200. The van der Waals surface area contributed by atoms with E-state index in [1.807, 2.05) is 30.3 Å². The summed E-state index contributed by atoms with van der Waals surface area (Å²) in [5.74, 6) is -0.971. The molecule has 0 bridgehead atoms. The summed E-state index contributed by atoms with van der Waals surface area (Å²) in [6.07, 6.45) is 1.46. The zero-order chi connectivity index (χ0) is 21.5. The first kappa shape index (κ1) is 21.4. The van der Waals surface area contributed by atoms with Gasteiger partial charge in [-0.25, -0.2) is 17.8 Å². The van der Waals surface area contributed by atoms with E-state index in [0.717, 1.165) is 16.9 Å². The molecule has 1 atom stereocenters. The molecule has 1 aromatic heterocycles. The van der Waals surface area contributed by atoms with Crippen LogP contribution in [0.3, 0.4) is 0 Å². The smallest absolute Gasteiger partial charge is 0.278 e. The fourth-order valence-corrected chi connectivity index (χ4v) is 6.46. The van der Waals surface area contributed by atoms with Gasteiger partial charge < -0.3 is 4.90 Å². The predicted octanol–water partition coefficient (Wildman–Crippen LogP) is 4.92. The molecule has 0 spiro atoms. The van der Waals surface area contributed by atoms with Crippen molar-refractivity contribution < 1.29 is 17.6 Å². The average Bonchev–Trinajstić information content (AvgIpc) is 3.23. The molecule has 3 aromatic rings. The number of hydrogen-bond donors (Lipinski definition) is 0. The topological polar surface area (TPSA) is 67.3 Å². The lowest BCUT2D eigenvalue weighted by Gasteiger charge is -2.35. The van der Waals surface area contributed by atoms with Gasteiger partial charge in [-0.15, -0.1) is 11.3 Å². The second-order valence-corrected chi connectivity index (χ2v) is 11.4. The summed E-state index contributed by atoms with van der Waals surface area (Å²) in [4.78, 5) is 18.8. The Hall–Kier alpha value is -1.81. The molecule has 10 heteroatoms. The van der Waals surface area contributed by atoms with Crippen LogP contribution in [-0.4, -0.2) is 43.1 Å². The van der Waals surface area contributed by atoms with E-state index < -0.39 is 33.0 Å². The van der Waals surface area contributed by atoms with Crippen LogP contribution in [0.15, 0.2) is 59.2 Å². The molecule has 2 heterocycles. The van der Waals surface area contributed by atoms with Crippen molar-refractivity contribution in [3.05, 3.63) is 74.8 Å². The van der Waals surface area contributed by atoms with E-state index in [4.69, 9.17) is 11.6 Å². The molecule has 1 fully saturated rings. The third kappa shape index (κ3) is 3.79. The number of hydrogen-bond acceptors (Lipinski definition) is 5. The number of alkyl halides is 1. The summed E-state index contributed by atoms with van der Waals surface area (Å²) < 4.78 is 42.0. The van der Waals surface area contributed by atoms with Crippen LogP contribution in [0.2, 0.25) is 5.02 Å². The van der Waals surface area contributed by atoms with Crippen LogP contribution >= 0.6 is 38.9 Å². The Balaban J connectivity index is 1.67. The Morgan fingerprint density at radius 1 is 1.23 bits per heavy atom. The van der Waals surface area contributed by atoms with Crippen molar-refractivity contribution >= 4 is 54.6 Å². The largest absolute Gasteiger partial charge is 0.333 e. The number of nitrogens with zero attached hydrogens (tertiary/aromatic N) is 2. The molecule has 156 valence electrons. The highest BCUT2D eigenvalue weighted by Gasteiger charge is 2.53. The SMILES string of the molecule is O=C(c1ccc(Br)c(Cl)c1)N1CCS(=O)(=O)C(F)(c2ncc(-c3ccccc3)s2)C1. The van der Waals surface area contributed by atoms with E-state index in [1.54, 1.807) is 12.1 Å². The highest BCUT2D eigenvalue weighted by molar-refractivity contribution is 9.10. The van der Waals surface area contributed by atoms with Gasteiger partial charge in [0, 0.05) is 22.8 Å². The van der Waals surface area contributed by atoms with Crippen LogP contribution in [0.5, 0.6) is 0 Å². The zero-order valence-corrected chi connectivity index (χ0v) is 19.4. The predicted molar refractivity (Wildman–Crippen MR) is 119 cm³/mol. The number of sulfone groups is 1. The van der Waals surface area contributed by atoms with Crippen molar-refractivity contribution in [3.63, 3.8) is 0 Å². The summed E-state index contributed by atoms with van der Waals surface area (Å²) in [7, 11) is -4.15. The minimum atomic E-state index is -4.15. The van der Waals surface area contributed by atoms with Gasteiger partial charge in [0.25, 0.3) is 10.9 Å². The maximum atomic E-state index is 16.0. The number of carbonyl (C=O) groups is 1. The van der Waals surface area contributed by atoms with Crippen molar-refractivity contribution in [1.82, 2.24) is 9.88 Å². The lowest BCUT2D eigenvalue weighted by atomic mass is 10.2. The number of carbonyl (C=O) groups excluding carboxylic acids is 1. The molecule has 1 aliphatic rings. The molecule has 1 aliphatic heterocycles. The Bertz CT molecular complexity index is 1220. The molecule has 4 rings (SSSR count). The van der Waals surface area contributed by atoms with Crippen LogP contribution in [-0.2, 0) is 14.8 Å². The highest BCUT2D eigenvalue weighted by atomic mass is 79.9.